The summed E-state index contributed by atoms with van der Waals surface area (Å²) in [5.74, 6) is -3.83. The Kier molecular flexibility index (Phi) is 10.9. The van der Waals surface area contributed by atoms with Crippen molar-refractivity contribution in [1.29, 1.82) is 0 Å². The van der Waals surface area contributed by atoms with Crippen molar-refractivity contribution in [3.63, 3.8) is 0 Å². The highest BCUT2D eigenvalue weighted by atomic mass is 79.9. The molecule has 1 heterocycles. The molecule has 29 heavy (non-hydrogen) atoms. The molecule has 0 radical (unpaired) electrons. The number of rotatable bonds is 6. The van der Waals surface area contributed by atoms with E-state index in [1.165, 1.54) is 0 Å². The van der Waals surface area contributed by atoms with Crippen LogP contribution >= 0.6 is 15.9 Å². The number of nitrogens with zero attached hydrogens (tertiary/aromatic N) is 1. The number of carboxylic acids is 2. The van der Waals surface area contributed by atoms with E-state index in [0.717, 1.165) is 29.5 Å². The number of esters is 1. The number of carboxylic acid groups (broad SMARTS) is 2. The van der Waals surface area contributed by atoms with Crippen molar-refractivity contribution in [3.05, 3.63) is 28.7 Å². The van der Waals surface area contributed by atoms with Crippen molar-refractivity contribution in [2.45, 2.75) is 26.2 Å². The van der Waals surface area contributed by atoms with E-state index in [1.54, 1.807) is 0 Å². The summed E-state index contributed by atoms with van der Waals surface area (Å²) in [7, 11) is 0. The van der Waals surface area contributed by atoms with Gasteiger partial charge in [0.25, 0.3) is 0 Å². The molecule has 0 saturated carbocycles. The fourth-order valence-electron chi connectivity index (χ4n) is 2.73. The Labute approximate surface area is 177 Å². The number of aliphatic carboxylic acids is 2. The molecule has 9 nitrogen and oxygen atoms in total. The lowest BCUT2D eigenvalue weighted by Crippen LogP contribution is -2.40. The second-order valence-corrected chi connectivity index (χ2v) is 7.22. The van der Waals surface area contributed by atoms with Gasteiger partial charge in [-0.15, -0.1) is 0 Å². The Bertz CT molecular complexity index is 697. The summed E-state index contributed by atoms with van der Waals surface area (Å²) in [6.45, 7) is 4.53. The first-order valence-corrected chi connectivity index (χ1v) is 9.92. The first kappa shape index (κ1) is 24.6. The van der Waals surface area contributed by atoms with Gasteiger partial charge in [0, 0.05) is 29.7 Å². The van der Waals surface area contributed by atoms with Crippen molar-refractivity contribution < 1.29 is 34.1 Å². The summed E-state index contributed by atoms with van der Waals surface area (Å²) >= 11 is 3.37. The van der Waals surface area contributed by atoms with Gasteiger partial charge in [-0.1, -0.05) is 15.9 Å². The molecule has 0 spiro atoms. The third kappa shape index (κ3) is 10.0. The van der Waals surface area contributed by atoms with Crippen LogP contribution in [0.4, 0.5) is 5.69 Å². The predicted molar refractivity (Wildman–Crippen MR) is 108 cm³/mol. The molecule has 160 valence electrons. The number of carbonyl (C=O) groups excluding carboxylic acids is 2. The van der Waals surface area contributed by atoms with Gasteiger partial charge in [0.1, 0.15) is 0 Å². The predicted octanol–water partition coefficient (Wildman–Crippen LogP) is 2.21. The average molecular weight is 473 g/mol. The number of hydrogen-bond acceptors (Lipinski definition) is 6. The van der Waals surface area contributed by atoms with E-state index in [9.17, 15) is 9.59 Å². The standard InChI is InChI=1S/C17H23BrN2O3.C2H2O4/c1-2-23-17(22)13-4-3-10-20(12-13)11-9-16(21)19-15-7-5-14(18)6-8-15;3-1(4)2(5)6/h5-8,13H,2-4,9-12H2,1H3,(H,19,21);(H,3,4)(H,5,6). The topological polar surface area (TPSA) is 133 Å². The molecule has 1 unspecified atom stereocenters. The van der Waals surface area contributed by atoms with Gasteiger partial charge in [0.05, 0.1) is 12.5 Å². The van der Waals surface area contributed by atoms with Crippen LogP contribution in [0.3, 0.4) is 0 Å². The molecule has 10 heteroatoms. The van der Waals surface area contributed by atoms with Gasteiger partial charge in [-0.2, -0.15) is 0 Å². The summed E-state index contributed by atoms with van der Waals surface area (Å²) < 4.78 is 6.08. The number of likely N-dealkylation sites (tertiary alicyclic amines) is 1. The summed E-state index contributed by atoms with van der Waals surface area (Å²) in [4.78, 5) is 44.2. The number of ether oxygens (including phenoxy) is 1. The molecule has 1 aliphatic rings. The van der Waals surface area contributed by atoms with Crippen LogP contribution in [0.1, 0.15) is 26.2 Å². The number of hydrogen-bond donors (Lipinski definition) is 3. The Morgan fingerprint density at radius 1 is 1.17 bits per heavy atom. The van der Waals surface area contributed by atoms with Gasteiger partial charge in [-0.3, -0.25) is 9.59 Å². The maximum Gasteiger partial charge on any atom is 0.414 e. The minimum absolute atomic E-state index is 0.00872. The van der Waals surface area contributed by atoms with E-state index in [0.29, 0.717) is 26.1 Å². The minimum Gasteiger partial charge on any atom is -0.473 e. The molecule has 1 aromatic rings. The van der Waals surface area contributed by atoms with Crippen molar-refractivity contribution in [2.24, 2.45) is 5.92 Å². The summed E-state index contributed by atoms with van der Waals surface area (Å²) in [5, 5.41) is 17.7. The molecule has 1 amide bonds. The lowest BCUT2D eigenvalue weighted by Gasteiger charge is -2.31. The zero-order valence-corrected chi connectivity index (χ0v) is 17.7. The normalized spacial score (nSPS) is 16.1. The van der Waals surface area contributed by atoms with Crippen LogP contribution in [0.2, 0.25) is 0 Å². The third-order valence-electron chi connectivity index (χ3n) is 4.09. The molecular formula is C19H25BrN2O7. The molecule has 3 N–H and O–H groups in total. The monoisotopic (exact) mass is 472 g/mol. The highest BCUT2D eigenvalue weighted by Gasteiger charge is 2.26. The van der Waals surface area contributed by atoms with Crippen LogP contribution in [0.15, 0.2) is 28.7 Å². The molecular weight excluding hydrogens is 448 g/mol. The number of anilines is 1. The first-order chi connectivity index (χ1) is 13.7. The van der Waals surface area contributed by atoms with E-state index >= 15 is 0 Å². The zero-order chi connectivity index (χ0) is 21.8. The second kappa shape index (κ2) is 12.9. The highest BCUT2D eigenvalue weighted by molar-refractivity contribution is 9.10. The van der Waals surface area contributed by atoms with Gasteiger partial charge >= 0.3 is 17.9 Å². The van der Waals surface area contributed by atoms with Crippen LogP contribution in [0.25, 0.3) is 0 Å². The second-order valence-electron chi connectivity index (χ2n) is 6.31. The molecule has 0 aromatic heterocycles. The maximum atomic E-state index is 12.0. The van der Waals surface area contributed by atoms with Crippen LogP contribution in [0, 0.1) is 5.92 Å². The van der Waals surface area contributed by atoms with Crippen LogP contribution < -0.4 is 5.32 Å². The molecule has 1 aromatic carbocycles. The molecule has 2 rings (SSSR count). The molecule has 1 fully saturated rings. The average Bonchev–Trinajstić information content (AvgIpc) is 2.69. The lowest BCUT2D eigenvalue weighted by atomic mass is 9.98. The zero-order valence-electron chi connectivity index (χ0n) is 16.1. The van der Waals surface area contributed by atoms with Gasteiger partial charge in [-0.25, -0.2) is 9.59 Å². The van der Waals surface area contributed by atoms with E-state index < -0.39 is 11.9 Å². The number of amides is 1. The Balaban J connectivity index is 0.000000612. The maximum absolute atomic E-state index is 12.0. The number of piperidine rings is 1. The van der Waals surface area contributed by atoms with Gasteiger partial charge in [-0.05, 0) is 50.6 Å². The van der Waals surface area contributed by atoms with E-state index in [-0.39, 0.29) is 17.8 Å². The SMILES string of the molecule is CCOC(=O)C1CCCN(CCC(=O)Nc2ccc(Br)cc2)C1.O=C(O)C(=O)O. The molecule has 0 aliphatic carbocycles. The van der Waals surface area contributed by atoms with E-state index in [1.807, 2.05) is 31.2 Å². The van der Waals surface area contributed by atoms with Gasteiger partial charge < -0.3 is 25.2 Å². The lowest BCUT2D eigenvalue weighted by molar-refractivity contribution is -0.159. The fraction of sp³-hybridized carbons (Fsp3) is 0.474. The minimum atomic E-state index is -1.82. The van der Waals surface area contributed by atoms with E-state index in [2.05, 4.69) is 26.1 Å². The summed E-state index contributed by atoms with van der Waals surface area (Å²) in [5.41, 5.74) is 0.793. The summed E-state index contributed by atoms with van der Waals surface area (Å²) in [6, 6.07) is 7.51. The Morgan fingerprint density at radius 3 is 2.34 bits per heavy atom. The molecule has 0 bridgehead atoms. The number of benzene rings is 1. The number of nitrogens with one attached hydrogen (secondary N) is 1. The largest absolute Gasteiger partial charge is 0.473 e. The fourth-order valence-corrected chi connectivity index (χ4v) is 2.99. The molecule has 1 atom stereocenters. The Hall–Kier alpha value is -2.46. The highest BCUT2D eigenvalue weighted by Crippen LogP contribution is 2.18. The van der Waals surface area contributed by atoms with Crippen LogP contribution in [0.5, 0.6) is 0 Å². The van der Waals surface area contributed by atoms with Crippen molar-refractivity contribution in [1.82, 2.24) is 4.90 Å². The van der Waals surface area contributed by atoms with E-state index in [4.69, 9.17) is 24.5 Å². The van der Waals surface area contributed by atoms with Crippen molar-refractivity contribution >= 4 is 45.4 Å². The quantitative estimate of drug-likeness (QED) is 0.423. The third-order valence-corrected chi connectivity index (χ3v) is 4.62. The van der Waals surface area contributed by atoms with Gasteiger partial charge in [0.2, 0.25) is 5.91 Å². The van der Waals surface area contributed by atoms with Crippen LogP contribution in [-0.4, -0.2) is 65.2 Å². The number of carbonyl (C=O) groups is 4. The Morgan fingerprint density at radius 2 is 1.79 bits per heavy atom. The van der Waals surface area contributed by atoms with Crippen LogP contribution in [-0.2, 0) is 23.9 Å². The molecule has 1 aliphatic heterocycles. The molecule has 1 saturated heterocycles. The van der Waals surface area contributed by atoms with Crippen molar-refractivity contribution in [2.75, 3.05) is 31.6 Å². The smallest absolute Gasteiger partial charge is 0.414 e. The van der Waals surface area contributed by atoms with Gasteiger partial charge in [0.15, 0.2) is 0 Å². The van der Waals surface area contributed by atoms with Crippen molar-refractivity contribution in [3.8, 4) is 0 Å². The number of halogens is 1. The first-order valence-electron chi connectivity index (χ1n) is 9.13. The summed E-state index contributed by atoms with van der Waals surface area (Å²) in [6.07, 6.45) is 2.27.